The molecule has 0 saturated carbocycles. The number of carboxylic acid groups (broad SMARTS) is 1. The molecule has 9 aromatic heterocycles. The molecule has 133 heavy (non-hydrogen) atoms. The summed E-state index contributed by atoms with van der Waals surface area (Å²) in [6.07, 6.45) is 10.0. The van der Waals surface area contributed by atoms with Crippen molar-refractivity contribution in [3.63, 3.8) is 0 Å². The van der Waals surface area contributed by atoms with Crippen molar-refractivity contribution in [2.75, 3.05) is 22.6 Å². The molecule has 4 aliphatic carbocycles. The Kier molecular flexibility index (Phi) is 25.5. The summed E-state index contributed by atoms with van der Waals surface area (Å²) in [7, 11) is 1.75. The molecule has 5 amide bonds. The summed E-state index contributed by atoms with van der Waals surface area (Å²) >= 11 is 0. The summed E-state index contributed by atoms with van der Waals surface area (Å²) in [5.74, 6) is -3.07. The average molecular weight is 1820 g/mol. The zero-order chi connectivity index (χ0) is 93.3. The molecule has 0 radical (unpaired) electrons. The molecule has 4 aliphatic rings. The highest BCUT2D eigenvalue weighted by Gasteiger charge is 2.45. The van der Waals surface area contributed by atoms with Crippen LogP contribution in [-0.2, 0) is 93.5 Å². The molecule has 0 unspecified atom stereocenters. The Morgan fingerprint density at radius 3 is 1.19 bits per heavy atom. The van der Waals surface area contributed by atoms with Gasteiger partial charge in [0.2, 0.25) is 34.6 Å². The number of anilines is 3. The van der Waals surface area contributed by atoms with E-state index < -0.39 is 42.2 Å². The molecule has 6 N–H and O–H groups in total. The van der Waals surface area contributed by atoms with Crippen LogP contribution >= 0.6 is 0 Å². The number of carboxylic acids is 1. The number of fused-ring (bicyclic) bond motifs is 12. The van der Waals surface area contributed by atoms with Crippen LogP contribution in [0.15, 0.2) is 183 Å². The number of imidazole rings is 1. The molecule has 0 spiro atoms. The van der Waals surface area contributed by atoms with Gasteiger partial charge in [0.05, 0.1) is 75.7 Å². The highest BCUT2D eigenvalue weighted by atomic mass is 16.8. The van der Waals surface area contributed by atoms with E-state index in [0.717, 1.165) is 50.4 Å². The summed E-state index contributed by atoms with van der Waals surface area (Å²) in [5.41, 5.74) is 8.35. The highest BCUT2D eigenvalue weighted by Crippen LogP contribution is 2.34. The Labute approximate surface area is 745 Å². The molecule has 50 nitrogen and oxygen atoms in total. The van der Waals surface area contributed by atoms with Gasteiger partial charge in [0.15, 0.2) is 22.8 Å². The molecule has 19 rings (SSSR count). The van der Waals surface area contributed by atoms with Gasteiger partial charge in [0.25, 0.3) is 30.1 Å². The van der Waals surface area contributed by atoms with E-state index in [0.29, 0.717) is 136 Å². The van der Waals surface area contributed by atoms with Gasteiger partial charge in [-0.3, -0.25) is 57.4 Å². The van der Waals surface area contributed by atoms with E-state index in [2.05, 4.69) is 95.8 Å². The van der Waals surface area contributed by atoms with Crippen molar-refractivity contribution in [2.24, 2.45) is 7.05 Å². The smallest absolute Gasteiger partial charge is 0.305 e. The quantitative estimate of drug-likeness (QED) is 0.0182. The van der Waals surface area contributed by atoms with Crippen molar-refractivity contribution < 1.29 is 111 Å². The molecule has 0 fully saturated rings. The summed E-state index contributed by atoms with van der Waals surface area (Å²) in [6.45, 7) is -0.169. The maximum atomic E-state index is 13.4. The predicted octanol–water partition coefficient (Wildman–Crippen LogP) is 1.18. The lowest BCUT2D eigenvalue weighted by Gasteiger charge is -2.14. The minimum absolute atomic E-state index is 0.0548. The van der Waals surface area contributed by atoms with Crippen LogP contribution in [0.4, 0.5) is 17.3 Å². The first-order chi connectivity index (χ1) is 64.5. The van der Waals surface area contributed by atoms with Gasteiger partial charge in [0, 0.05) is 88.6 Å². The number of para-hydroxylation sites is 5. The van der Waals surface area contributed by atoms with Gasteiger partial charge in [-0.2, -0.15) is 0 Å². The molecule has 50 heteroatoms. The van der Waals surface area contributed by atoms with Crippen LogP contribution in [0.2, 0.25) is 0 Å². The molecular formula is C83H73N27O23. The van der Waals surface area contributed by atoms with Crippen molar-refractivity contribution in [3.05, 3.63) is 279 Å². The Bertz CT molecular complexity index is 6980. The fourth-order valence-electron chi connectivity index (χ4n) is 15.2. The minimum Gasteiger partial charge on any atom is -0.692 e. The van der Waals surface area contributed by atoms with Crippen LogP contribution < -0.4 is 65.6 Å². The molecular weight excluding hydrogens is 1740 g/mol. The maximum absolute atomic E-state index is 13.4. The Balaban J connectivity index is 0.000000132. The van der Waals surface area contributed by atoms with Gasteiger partial charge in [0.1, 0.15) is 48.0 Å². The summed E-state index contributed by atoms with van der Waals surface area (Å²) in [5, 5.41) is 153. The molecule has 2 atom stereocenters. The number of aromatic nitrogens is 22. The van der Waals surface area contributed by atoms with Crippen LogP contribution in [0.1, 0.15) is 131 Å². The van der Waals surface area contributed by atoms with Gasteiger partial charge < -0.3 is 86.9 Å². The van der Waals surface area contributed by atoms with Crippen LogP contribution in [0.25, 0.3) is 68.3 Å². The normalized spacial score (nSPS) is 12.6. The third-order valence-electron chi connectivity index (χ3n) is 21.6. The van der Waals surface area contributed by atoms with E-state index in [1.54, 1.807) is 127 Å². The van der Waals surface area contributed by atoms with E-state index in [4.69, 9.17) is 5.11 Å². The van der Waals surface area contributed by atoms with Crippen molar-refractivity contribution in [2.45, 2.75) is 108 Å². The summed E-state index contributed by atoms with van der Waals surface area (Å²) < 4.78 is 24.7. The topological polar surface area (TPSA) is 652 Å². The second-order valence-corrected chi connectivity index (χ2v) is 30.1. The third kappa shape index (κ3) is 18.3. The van der Waals surface area contributed by atoms with E-state index >= 15 is 0 Å². The number of amides is 5. The van der Waals surface area contributed by atoms with Crippen molar-refractivity contribution in [1.29, 1.82) is 0 Å². The number of nitrogens with one attached hydrogen (secondary N) is 5. The Morgan fingerprint density at radius 2 is 0.797 bits per heavy atom. The van der Waals surface area contributed by atoms with Crippen molar-refractivity contribution in [1.82, 2.24) is 80.4 Å². The molecule has 9 heterocycles. The van der Waals surface area contributed by atoms with Gasteiger partial charge in [-0.15, -0.1) is 19.4 Å². The molecule has 0 aliphatic heterocycles. The molecule has 678 valence electrons. The van der Waals surface area contributed by atoms with Crippen LogP contribution in [0.3, 0.4) is 0 Å². The van der Waals surface area contributed by atoms with E-state index in [1.165, 1.54) is 12.1 Å². The predicted molar refractivity (Wildman–Crippen MR) is 444 cm³/mol. The first-order valence-corrected chi connectivity index (χ1v) is 40.9. The first kappa shape index (κ1) is 88.1. The largest absolute Gasteiger partial charge is 0.692 e. The third-order valence-corrected chi connectivity index (χ3v) is 21.6. The van der Waals surface area contributed by atoms with Crippen molar-refractivity contribution in [3.8, 4) is 68.3 Å². The minimum atomic E-state index is -1.15. The zero-order valence-corrected chi connectivity index (χ0v) is 69.6. The lowest BCUT2D eigenvalue weighted by Crippen LogP contribution is -2.43. The number of aliphatic carboxylic acids is 1. The van der Waals surface area contributed by atoms with Crippen LogP contribution in [-0.4, -0.2) is 148 Å². The maximum Gasteiger partial charge on any atom is 0.305 e. The SMILES string of the molecule is Cn1ccnc1NC(=O)c1ccccc1-n1nc2c([n+]1[O-])CCc1c-2no[n+]1[O-].O=C(Nc1ccccc1)c1ccccc1-n1nc2c([n+]1[O-])CCc1c-2no[n+]1[O-].O=COC[C@@H](C=O)NC(=O)c1ccccc1-n1nc2c([n+]1[O-])CCc1c-2no[n+]1[O-].O=C[C@H](CC(=O)O)NC(=O)CCCCCCc1cccc(NC(=O)c2ccccc2-n2nc3c([n+]2[O-])CCc2c-3no[n+]2[O-])c1. The molecule has 6 aromatic carbocycles. The number of nitrogens with zero attached hydrogens (tertiary/aromatic N) is 22. The van der Waals surface area contributed by atoms with E-state index in [-0.39, 0.29) is 158 Å². The fourth-order valence-corrected chi connectivity index (χ4v) is 15.2. The Morgan fingerprint density at radius 1 is 0.429 bits per heavy atom. The van der Waals surface area contributed by atoms with Gasteiger partial charge in [-0.25, -0.2) is 4.98 Å². The van der Waals surface area contributed by atoms with E-state index in [1.807, 2.05) is 36.4 Å². The van der Waals surface area contributed by atoms with Crippen LogP contribution in [0.5, 0.6) is 0 Å². The second kappa shape index (κ2) is 38.5. The molecule has 15 aromatic rings. The number of rotatable bonds is 27. The number of unbranched alkanes of at least 4 members (excludes halogenated alkanes) is 3. The number of hydrogen-bond donors (Lipinski definition) is 6. The molecule has 0 saturated heterocycles. The lowest BCUT2D eigenvalue weighted by atomic mass is 10.0. The van der Waals surface area contributed by atoms with E-state index in [9.17, 15) is 84.8 Å². The number of hydrogen-bond acceptors (Lipinski definition) is 31. The molecule has 0 bridgehead atoms. The van der Waals surface area contributed by atoms with Gasteiger partial charge in [-0.1, -0.05) is 91.7 Å². The monoisotopic (exact) mass is 1820 g/mol. The number of benzene rings is 6. The number of aldehydes is 2. The van der Waals surface area contributed by atoms with Crippen LogP contribution in [0, 0.1) is 41.7 Å². The standard InChI is InChI=1S/C30H31N7O8.C19H14N6O4.C17H14N8O4.C17H14N6O7/c38-18-21(17-27(40)41)31-26(39)13-4-2-1-3-8-19-9-7-10-20(16-19)32-30(42)22-11-5-6-12-23(22)35-33-28-24(36(35)43)14-15-25-29(28)34-45-37(25)44;26-19(20-12-6-2-1-3-7-12)13-8-4-5-9-14(13)23-21-17-15(24(23)27)10-11-16-18(17)22-29-25(16)28;1-22-9-8-18-17(22)19-16(26)10-4-2-3-5-11(10)23-20-14-12(24(23)27)6-7-13-15(14)21-29-25(13)28;24-7-10(8-29-9-25)18-17(26)11-3-1-2-4-12(11)21-19-15-13(22(21)27)5-6-14-16(15)20-30-23(14)28/h5-7,9-12,16,18,21H,1-4,8,13-15,17H2,(H,31,39)(H,32,42)(H,40,41);1-9H,10-11H2,(H,20,26);2-5,8-9H,6-7H2,1H3,(H,18,19,26);1-4,7,9-10H,5-6,8H2,(H,18,26)/t21-;;;10-/m0..1/s1. The zero-order valence-electron chi connectivity index (χ0n) is 69.6. The number of ether oxygens (including phenoxy) is 1. The number of carbonyl (C=O) groups excluding carboxylic acids is 8. The van der Waals surface area contributed by atoms with Gasteiger partial charge in [-0.05, 0) is 136 Å². The Hall–Kier alpha value is -18.3. The fraction of sp³-hybridized carbons (Fsp3) is 0.229. The van der Waals surface area contributed by atoms with Crippen molar-refractivity contribution >= 4 is 71.9 Å². The second-order valence-electron chi connectivity index (χ2n) is 30.1. The summed E-state index contributed by atoms with van der Waals surface area (Å²) in [4.78, 5) is 119. The summed E-state index contributed by atoms with van der Waals surface area (Å²) in [6, 6.07) is 40.3. The average Bonchev–Trinajstić information content (AvgIpc) is 1.61. The highest BCUT2D eigenvalue weighted by molar-refractivity contribution is 6.08. The number of carbonyl (C=O) groups is 9. The van der Waals surface area contributed by atoms with Gasteiger partial charge >= 0.3 is 51.5 Å². The number of aryl methyl sites for hydroxylation is 2. The lowest BCUT2D eigenvalue weighted by molar-refractivity contribution is -0.808. The first-order valence-electron chi connectivity index (χ1n) is 40.9.